The molecule has 0 atom stereocenters. The molecule has 0 spiro atoms. The van der Waals surface area contributed by atoms with E-state index in [1.165, 1.54) is 17.7 Å². The van der Waals surface area contributed by atoms with Crippen molar-refractivity contribution in [3.05, 3.63) is 35.6 Å². The van der Waals surface area contributed by atoms with Crippen LogP contribution in [0.15, 0.2) is 24.3 Å². The van der Waals surface area contributed by atoms with Crippen molar-refractivity contribution in [2.45, 2.75) is 12.8 Å². The topological polar surface area (TPSA) is 12.0 Å². The van der Waals surface area contributed by atoms with Gasteiger partial charge in [-0.05, 0) is 44.1 Å². The van der Waals surface area contributed by atoms with E-state index >= 15 is 0 Å². The van der Waals surface area contributed by atoms with Crippen LogP contribution < -0.4 is 5.32 Å². The SMILES string of the molecule is CNCCCc1ccc(F)cc1. The van der Waals surface area contributed by atoms with E-state index in [4.69, 9.17) is 0 Å². The molecule has 1 nitrogen and oxygen atoms in total. The van der Waals surface area contributed by atoms with E-state index in [1.54, 1.807) is 0 Å². The third kappa shape index (κ3) is 3.01. The maximum absolute atomic E-state index is 12.5. The highest BCUT2D eigenvalue weighted by molar-refractivity contribution is 5.15. The lowest BCUT2D eigenvalue weighted by Gasteiger charge is -2.00. The Morgan fingerprint density at radius 1 is 1.25 bits per heavy atom. The first-order valence-corrected chi connectivity index (χ1v) is 4.22. The molecule has 0 aliphatic carbocycles. The smallest absolute Gasteiger partial charge is 0.123 e. The van der Waals surface area contributed by atoms with Crippen LogP contribution in [0.2, 0.25) is 0 Å². The predicted octanol–water partition coefficient (Wildman–Crippen LogP) is 1.98. The van der Waals surface area contributed by atoms with Gasteiger partial charge in [-0.3, -0.25) is 0 Å². The van der Waals surface area contributed by atoms with Crippen molar-refractivity contribution in [2.75, 3.05) is 13.6 Å². The number of halogens is 1. The van der Waals surface area contributed by atoms with E-state index in [9.17, 15) is 4.39 Å². The Labute approximate surface area is 72.6 Å². The Hall–Kier alpha value is -0.890. The van der Waals surface area contributed by atoms with Crippen LogP contribution in [0.5, 0.6) is 0 Å². The molecule has 1 rings (SSSR count). The van der Waals surface area contributed by atoms with Crippen LogP contribution in [-0.2, 0) is 6.42 Å². The van der Waals surface area contributed by atoms with Crippen molar-refractivity contribution in [1.29, 1.82) is 0 Å². The summed E-state index contributed by atoms with van der Waals surface area (Å²) < 4.78 is 12.5. The van der Waals surface area contributed by atoms with E-state index in [-0.39, 0.29) is 5.82 Å². The molecule has 2 heteroatoms. The first kappa shape index (κ1) is 9.20. The van der Waals surface area contributed by atoms with E-state index < -0.39 is 0 Å². The molecule has 1 aromatic carbocycles. The van der Waals surface area contributed by atoms with Gasteiger partial charge in [0.05, 0.1) is 0 Å². The van der Waals surface area contributed by atoms with Crippen molar-refractivity contribution in [2.24, 2.45) is 0 Å². The molecule has 12 heavy (non-hydrogen) atoms. The molecule has 0 unspecified atom stereocenters. The normalized spacial score (nSPS) is 10.2. The Kier molecular flexibility index (Phi) is 3.74. The van der Waals surface area contributed by atoms with Crippen LogP contribution >= 0.6 is 0 Å². The average molecular weight is 167 g/mol. The monoisotopic (exact) mass is 167 g/mol. The molecule has 1 N–H and O–H groups in total. The summed E-state index contributed by atoms with van der Waals surface area (Å²) in [6.45, 7) is 1.01. The van der Waals surface area contributed by atoms with Gasteiger partial charge in [0.2, 0.25) is 0 Å². The van der Waals surface area contributed by atoms with Crippen LogP contribution in [0.3, 0.4) is 0 Å². The summed E-state index contributed by atoms with van der Waals surface area (Å²) >= 11 is 0. The van der Waals surface area contributed by atoms with Crippen LogP contribution in [0, 0.1) is 5.82 Å². The average Bonchev–Trinajstić information content (AvgIpc) is 2.09. The molecule has 0 aliphatic rings. The zero-order valence-electron chi connectivity index (χ0n) is 7.31. The highest BCUT2D eigenvalue weighted by Crippen LogP contribution is 2.04. The minimum Gasteiger partial charge on any atom is -0.320 e. The largest absolute Gasteiger partial charge is 0.320 e. The van der Waals surface area contributed by atoms with Gasteiger partial charge in [-0.2, -0.15) is 0 Å². The Morgan fingerprint density at radius 2 is 1.92 bits per heavy atom. The summed E-state index contributed by atoms with van der Waals surface area (Å²) in [6, 6.07) is 6.69. The second-order valence-corrected chi connectivity index (χ2v) is 2.83. The molecule has 0 radical (unpaired) electrons. The first-order valence-electron chi connectivity index (χ1n) is 4.22. The van der Waals surface area contributed by atoms with Gasteiger partial charge in [0, 0.05) is 0 Å². The number of aryl methyl sites for hydroxylation is 1. The van der Waals surface area contributed by atoms with Crippen molar-refractivity contribution in [1.82, 2.24) is 5.32 Å². The minimum atomic E-state index is -0.160. The van der Waals surface area contributed by atoms with E-state index in [0.717, 1.165) is 19.4 Å². The predicted molar refractivity (Wildman–Crippen MR) is 48.6 cm³/mol. The summed E-state index contributed by atoms with van der Waals surface area (Å²) in [5.41, 5.74) is 1.20. The Bertz CT molecular complexity index is 218. The molecule has 0 aliphatic heterocycles. The maximum atomic E-state index is 12.5. The second-order valence-electron chi connectivity index (χ2n) is 2.83. The number of rotatable bonds is 4. The van der Waals surface area contributed by atoms with Gasteiger partial charge in [-0.15, -0.1) is 0 Å². The molecular formula is C10H14FN. The van der Waals surface area contributed by atoms with E-state index in [2.05, 4.69) is 5.32 Å². The van der Waals surface area contributed by atoms with Crippen LogP contribution in [0.1, 0.15) is 12.0 Å². The molecule has 0 aromatic heterocycles. The highest BCUT2D eigenvalue weighted by atomic mass is 19.1. The van der Waals surface area contributed by atoms with Crippen LogP contribution in [0.4, 0.5) is 4.39 Å². The van der Waals surface area contributed by atoms with Gasteiger partial charge in [0.15, 0.2) is 0 Å². The van der Waals surface area contributed by atoms with Crippen molar-refractivity contribution in [3.63, 3.8) is 0 Å². The molecule has 0 saturated heterocycles. The lowest BCUT2D eigenvalue weighted by atomic mass is 10.1. The van der Waals surface area contributed by atoms with Gasteiger partial charge >= 0.3 is 0 Å². The Morgan fingerprint density at radius 3 is 2.50 bits per heavy atom. The van der Waals surface area contributed by atoms with Gasteiger partial charge < -0.3 is 5.32 Å². The van der Waals surface area contributed by atoms with Crippen molar-refractivity contribution >= 4 is 0 Å². The molecule has 0 fully saturated rings. The fourth-order valence-corrected chi connectivity index (χ4v) is 1.12. The van der Waals surface area contributed by atoms with Gasteiger partial charge in [-0.25, -0.2) is 4.39 Å². The standard InChI is InChI=1S/C10H14FN/c1-12-8-2-3-9-4-6-10(11)7-5-9/h4-7,12H,2-3,8H2,1H3. The molecule has 0 heterocycles. The van der Waals surface area contributed by atoms with E-state index in [1.807, 2.05) is 19.2 Å². The highest BCUT2D eigenvalue weighted by Gasteiger charge is 1.92. The molecule has 0 bridgehead atoms. The second kappa shape index (κ2) is 4.88. The number of hydrogen-bond donors (Lipinski definition) is 1. The molecule has 0 amide bonds. The first-order chi connectivity index (χ1) is 5.83. The minimum absolute atomic E-state index is 0.160. The zero-order chi connectivity index (χ0) is 8.81. The van der Waals surface area contributed by atoms with Crippen molar-refractivity contribution in [3.8, 4) is 0 Å². The lowest BCUT2D eigenvalue weighted by Crippen LogP contribution is -2.08. The summed E-state index contributed by atoms with van der Waals surface area (Å²) in [7, 11) is 1.94. The molecular weight excluding hydrogens is 153 g/mol. The van der Waals surface area contributed by atoms with Crippen LogP contribution in [0.25, 0.3) is 0 Å². The number of benzene rings is 1. The summed E-state index contributed by atoms with van der Waals surface area (Å²) in [5.74, 6) is -0.160. The third-order valence-electron chi connectivity index (χ3n) is 1.81. The van der Waals surface area contributed by atoms with Gasteiger partial charge in [0.25, 0.3) is 0 Å². The molecule has 0 saturated carbocycles. The number of hydrogen-bond acceptors (Lipinski definition) is 1. The van der Waals surface area contributed by atoms with Crippen LogP contribution in [-0.4, -0.2) is 13.6 Å². The van der Waals surface area contributed by atoms with E-state index in [0.29, 0.717) is 0 Å². The maximum Gasteiger partial charge on any atom is 0.123 e. The number of nitrogens with one attached hydrogen (secondary N) is 1. The third-order valence-corrected chi connectivity index (χ3v) is 1.81. The zero-order valence-corrected chi connectivity index (χ0v) is 7.31. The lowest BCUT2D eigenvalue weighted by molar-refractivity contribution is 0.626. The summed E-state index contributed by atoms with van der Waals surface area (Å²) in [6.07, 6.45) is 2.11. The fourth-order valence-electron chi connectivity index (χ4n) is 1.12. The fraction of sp³-hybridized carbons (Fsp3) is 0.400. The Balaban J connectivity index is 2.37. The van der Waals surface area contributed by atoms with Crippen molar-refractivity contribution < 1.29 is 4.39 Å². The van der Waals surface area contributed by atoms with Gasteiger partial charge in [-0.1, -0.05) is 12.1 Å². The quantitative estimate of drug-likeness (QED) is 0.676. The molecule has 1 aromatic rings. The molecule has 66 valence electrons. The van der Waals surface area contributed by atoms with Gasteiger partial charge in [0.1, 0.15) is 5.82 Å². The summed E-state index contributed by atoms with van der Waals surface area (Å²) in [4.78, 5) is 0. The summed E-state index contributed by atoms with van der Waals surface area (Å²) in [5, 5.41) is 3.08.